The van der Waals surface area contributed by atoms with Gasteiger partial charge in [-0.3, -0.25) is 9.56 Å². The van der Waals surface area contributed by atoms with Crippen molar-refractivity contribution >= 4 is 17.0 Å². The summed E-state index contributed by atoms with van der Waals surface area (Å²) >= 11 is 1.91. The van der Waals surface area contributed by atoms with Crippen LogP contribution < -0.4 is 0 Å². The molecule has 0 unspecified atom stereocenters. The van der Waals surface area contributed by atoms with Crippen molar-refractivity contribution < 1.29 is 0 Å². The highest BCUT2D eigenvalue weighted by molar-refractivity contribution is 7.15. The molecule has 0 N–H and O–H groups in total. The first-order chi connectivity index (χ1) is 15.7. The molecule has 6 rings (SSSR count). The Hall–Kier alpha value is -3.05. The van der Waals surface area contributed by atoms with Crippen molar-refractivity contribution in [2.75, 3.05) is 0 Å². The molecule has 160 valence electrons. The lowest BCUT2D eigenvalue weighted by molar-refractivity contribution is 0.868. The summed E-state index contributed by atoms with van der Waals surface area (Å²) in [5.41, 5.74) is 9.21. The SMILES string of the molecule is Cc1ccc(CCc2ccc(C3=NCc4nnc(C)n4-c4sc5c(c43)CCC5)cc2)cc1. The van der Waals surface area contributed by atoms with E-state index in [2.05, 4.69) is 70.2 Å². The number of thiophene rings is 1. The summed E-state index contributed by atoms with van der Waals surface area (Å²) in [6.07, 6.45) is 5.68. The fraction of sp³-hybridized carbons (Fsp3) is 0.296. The Kier molecular flexibility index (Phi) is 4.80. The van der Waals surface area contributed by atoms with E-state index in [1.807, 2.05) is 18.3 Å². The first-order valence-electron chi connectivity index (χ1n) is 11.4. The fourth-order valence-corrected chi connectivity index (χ4v) is 6.36. The highest BCUT2D eigenvalue weighted by atomic mass is 32.1. The number of hydrogen-bond acceptors (Lipinski definition) is 4. The summed E-state index contributed by atoms with van der Waals surface area (Å²) in [5, 5.41) is 10.00. The molecule has 1 aliphatic heterocycles. The topological polar surface area (TPSA) is 43.1 Å². The minimum absolute atomic E-state index is 0.571. The van der Waals surface area contributed by atoms with E-state index in [9.17, 15) is 0 Å². The second kappa shape index (κ2) is 7.82. The van der Waals surface area contributed by atoms with Gasteiger partial charge in [0, 0.05) is 16.0 Å². The number of aromatic nitrogens is 3. The van der Waals surface area contributed by atoms with Crippen LogP contribution in [0.1, 0.15) is 56.3 Å². The van der Waals surface area contributed by atoms with Gasteiger partial charge in [0.05, 0.1) is 5.71 Å². The largest absolute Gasteiger partial charge is 0.276 e. The van der Waals surface area contributed by atoms with Gasteiger partial charge >= 0.3 is 0 Å². The van der Waals surface area contributed by atoms with E-state index in [-0.39, 0.29) is 0 Å². The van der Waals surface area contributed by atoms with Gasteiger partial charge in [0.15, 0.2) is 5.82 Å². The number of aliphatic imine (C=N–C) groups is 1. The molecule has 4 aromatic rings. The molecule has 4 nitrogen and oxygen atoms in total. The number of aryl methyl sites for hydroxylation is 5. The molecular weight excluding hydrogens is 412 g/mol. The predicted molar refractivity (Wildman–Crippen MR) is 130 cm³/mol. The highest BCUT2D eigenvalue weighted by Gasteiger charge is 2.30. The Morgan fingerprint density at radius 1 is 0.875 bits per heavy atom. The lowest BCUT2D eigenvalue weighted by Crippen LogP contribution is -2.08. The van der Waals surface area contributed by atoms with Crippen LogP contribution in [0.25, 0.3) is 5.00 Å². The Labute approximate surface area is 192 Å². The van der Waals surface area contributed by atoms with Crippen molar-refractivity contribution in [3.63, 3.8) is 0 Å². The number of benzene rings is 2. The van der Waals surface area contributed by atoms with E-state index >= 15 is 0 Å². The molecule has 0 spiro atoms. The van der Waals surface area contributed by atoms with Gasteiger partial charge in [-0.1, -0.05) is 54.1 Å². The Morgan fingerprint density at radius 2 is 1.59 bits per heavy atom. The van der Waals surface area contributed by atoms with Crippen LogP contribution in [0.3, 0.4) is 0 Å². The van der Waals surface area contributed by atoms with E-state index < -0.39 is 0 Å². The lowest BCUT2D eigenvalue weighted by Gasteiger charge is -2.11. The van der Waals surface area contributed by atoms with E-state index in [0.29, 0.717) is 6.54 Å². The van der Waals surface area contributed by atoms with Gasteiger partial charge in [0.25, 0.3) is 0 Å². The third-order valence-corrected chi connectivity index (χ3v) is 7.94. The minimum atomic E-state index is 0.571. The van der Waals surface area contributed by atoms with Crippen LogP contribution in [-0.2, 0) is 32.2 Å². The summed E-state index contributed by atoms with van der Waals surface area (Å²) in [6.45, 7) is 4.75. The van der Waals surface area contributed by atoms with Gasteiger partial charge in [-0.2, -0.15) is 0 Å². The molecule has 32 heavy (non-hydrogen) atoms. The van der Waals surface area contributed by atoms with Gasteiger partial charge in [0.2, 0.25) is 0 Å². The zero-order valence-corrected chi connectivity index (χ0v) is 19.4. The highest BCUT2D eigenvalue weighted by Crippen LogP contribution is 2.41. The molecule has 0 saturated heterocycles. The van der Waals surface area contributed by atoms with Crippen molar-refractivity contribution in [3.05, 3.63) is 98.4 Å². The van der Waals surface area contributed by atoms with Crippen molar-refractivity contribution in [1.82, 2.24) is 14.8 Å². The van der Waals surface area contributed by atoms with E-state index in [4.69, 9.17) is 4.99 Å². The van der Waals surface area contributed by atoms with Crippen LogP contribution in [-0.4, -0.2) is 20.5 Å². The van der Waals surface area contributed by atoms with Crippen LogP contribution >= 0.6 is 11.3 Å². The average Bonchev–Trinajstić information content (AvgIpc) is 3.47. The molecule has 0 amide bonds. The Bertz CT molecular complexity index is 1320. The van der Waals surface area contributed by atoms with Gasteiger partial charge in [0.1, 0.15) is 17.4 Å². The third kappa shape index (κ3) is 3.32. The fourth-order valence-electron chi connectivity index (χ4n) is 4.90. The standard InChI is InChI=1S/C27H26N4S/c1-17-6-8-19(9-7-17)10-11-20-12-14-21(15-13-20)26-25-22-4-3-5-23(22)32-27(25)31-18(2)29-30-24(31)16-28-26/h6-9,12-15H,3-5,10-11,16H2,1-2H3. The third-order valence-electron chi connectivity index (χ3n) is 6.66. The maximum absolute atomic E-state index is 5.07. The molecule has 2 aliphatic rings. The van der Waals surface area contributed by atoms with E-state index in [0.717, 1.165) is 36.6 Å². The van der Waals surface area contributed by atoms with Gasteiger partial charge < -0.3 is 0 Å². The molecule has 2 aromatic carbocycles. The molecule has 0 bridgehead atoms. The minimum Gasteiger partial charge on any atom is -0.276 e. The number of rotatable bonds is 4. The maximum atomic E-state index is 5.07. The summed E-state index contributed by atoms with van der Waals surface area (Å²) in [5.74, 6) is 1.89. The summed E-state index contributed by atoms with van der Waals surface area (Å²) < 4.78 is 2.23. The number of fused-ring (bicyclic) bond motifs is 5. The van der Waals surface area contributed by atoms with Crippen molar-refractivity contribution in [2.24, 2.45) is 4.99 Å². The molecule has 1 aliphatic carbocycles. The predicted octanol–water partition coefficient (Wildman–Crippen LogP) is 5.57. The van der Waals surface area contributed by atoms with E-state index in [1.165, 1.54) is 56.1 Å². The van der Waals surface area contributed by atoms with Crippen molar-refractivity contribution in [3.8, 4) is 5.00 Å². The molecule has 3 heterocycles. The summed E-state index contributed by atoms with van der Waals surface area (Å²) in [6, 6.07) is 17.9. The first-order valence-corrected chi connectivity index (χ1v) is 12.2. The van der Waals surface area contributed by atoms with Crippen LogP contribution in [0, 0.1) is 13.8 Å². The van der Waals surface area contributed by atoms with Crippen LogP contribution in [0.2, 0.25) is 0 Å². The lowest BCUT2D eigenvalue weighted by atomic mass is 9.97. The quantitative estimate of drug-likeness (QED) is 0.418. The van der Waals surface area contributed by atoms with Gasteiger partial charge in [-0.05, 0) is 62.6 Å². The molecule has 0 atom stereocenters. The average molecular weight is 439 g/mol. The zero-order chi connectivity index (χ0) is 21.7. The Balaban J connectivity index is 1.32. The molecule has 0 saturated carbocycles. The number of hydrogen-bond donors (Lipinski definition) is 0. The zero-order valence-electron chi connectivity index (χ0n) is 18.6. The van der Waals surface area contributed by atoms with Gasteiger partial charge in [-0.15, -0.1) is 21.5 Å². The van der Waals surface area contributed by atoms with E-state index in [1.54, 1.807) is 0 Å². The summed E-state index contributed by atoms with van der Waals surface area (Å²) in [4.78, 5) is 6.58. The molecule has 0 radical (unpaired) electrons. The van der Waals surface area contributed by atoms with Crippen molar-refractivity contribution in [2.45, 2.75) is 52.5 Å². The molecule has 2 aromatic heterocycles. The molecule has 5 heteroatoms. The monoisotopic (exact) mass is 438 g/mol. The first kappa shape index (κ1) is 19.6. The van der Waals surface area contributed by atoms with Crippen LogP contribution in [0.5, 0.6) is 0 Å². The second-order valence-electron chi connectivity index (χ2n) is 8.88. The molecule has 0 fully saturated rings. The van der Waals surface area contributed by atoms with Crippen molar-refractivity contribution in [1.29, 1.82) is 0 Å². The molecular formula is C27H26N4S. The van der Waals surface area contributed by atoms with Gasteiger partial charge in [-0.25, -0.2) is 0 Å². The number of nitrogens with zero attached hydrogens (tertiary/aromatic N) is 4. The smallest absolute Gasteiger partial charge is 0.160 e. The van der Waals surface area contributed by atoms with Crippen LogP contribution in [0.4, 0.5) is 0 Å². The van der Waals surface area contributed by atoms with Crippen LogP contribution in [0.15, 0.2) is 53.5 Å². The summed E-state index contributed by atoms with van der Waals surface area (Å²) in [7, 11) is 0. The Morgan fingerprint density at radius 3 is 2.34 bits per heavy atom. The second-order valence-corrected chi connectivity index (χ2v) is 9.97. The normalized spacial score (nSPS) is 14.5. The maximum Gasteiger partial charge on any atom is 0.160 e.